The summed E-state index contributed by atoms with van der Waals surface area (Å²) in [6.07, 6.45) is -4.74. The number of alkyl halides is 3. The number of nitrogens with one attached hydrogen (secondary N) is 1. The summed E-state index contributed by atoms with van der Waals surface area (Å²) in [5, 5.41) is -0.613. The third-order valence-electron chi connectivity index (χ3n) is 4.45. The molecule has 1 aliphatic heterocycles. The van der Waals surface area contributed by atoms with Crippen LogP contribution < -0.4 is 9.46 Å². The minimum absolute atomic E-state index is 0.306. The van der Waals surface area contributed by atoms with Crippen LogP contribution in [-0.2, 0) is 16.2 Å². The number of nitrogens with zero attached hydrogens (tertiary/aromatic N) is 1. The number of hydrogen-bond acceptors (Lipinski definition) is 4. The first-order chi connectivity index (χ1) is 13.9. The van der Waals surface area contributed by atoms with Gasteiger partial charge in [-0.25, -0.2) is 17.2 Å². The molecule has 0 bridgehead atoms. The molecule has 1 N–H and O–H groups in total. The normalized spacial score (nSPS) is 17.9. The Balaban J connectivity index is 1.94. The van der Waals surface area contributed by atoms with Crippen molar-refractivity contribution >= 4 is 27.3 Å². The van der Waals surface area contributed by atoms with Gasteiger partial charge in [-0.05, 0) is 37.7 Å². The van der Waals surface area contributed by atoms with Gasteiger partial charge in [-0.3, -0.25) is 4.72 Å². The van der Waals surface area contributed by atoms with Gasteiger partial charge in [-0.1, -0.05) is 11.6 Å². The first kappa shape index (κ1) is 22.6. The number of likely N-dealkylation sites (tertiary alicyclic amines) is 1. The standard InChI is InChI=1S/C18H16ClF5N2O3S/c1-26-5-4-11(9-26)29-16-6-10(2-3-12(16)18(22,23)24)25-30(27,28)17-8-14(20)13(19)7-15(17)21/h2-3,6-8,11,25H,4-5,9H2,1H3/t11-/m1/s1. The van der Waals surface area contributed by atoms with Gasteiger partial charge in [-0.15, -0.1) is 0 Å². The predicted molar refractivity (Wildman–Crippen MR) is 100 cm³/mol. The topological polar surface area (TPSA) is 58.6 Å². The largest absolute Gasteiger partial charge is 0.488 e. The molecule has 0 saturated carbocycles. The molecule has 0 amide bonds. The molecular formula is C18H16ClF5N2O3S. The summed E-state index contributed by atoms with van der Waals surface area (Å²) in [5.74, 6) is -3.04. The molecule has 2 aromatic rings. The van der Waals surface area contributed by atoms with Gasteiger partial charge in [0.25, 0.3) is 10.0 Å². The van der Waals surface area contributed by atoms with Gasteiger partial charge in [0.05, 0.1) is 16.3 Å². The van der Waals surface area contributed by atoms with Gasteiger partial charge < -0.3 is 9.64 Å². The monoisotopic (exact) mass is 470 g/mol. The molecule has 3 rings (SSSR count). The molecule has 0 spiro atoms. The van der Waals surface area contributed by atoms with Crippen molar-refractivity contribution in [2.45, 2.75) is 23.6 Å². The van der Waals surface area contributed by atoms with Crippen molar-refractivity contribution in [2.24, 2.45) is 0 Å². The van der Waals surface area contributed by atoms with E-state index in [1.807, 2.05) is 9.62 Å². The maximum absolute atomic E-state index is 14.0. The Bertz CT molecular complexity index is 1060. The van der Waals surface area contributed by atoms with E-state index >= 15 is 0 Å². The molecule has 164 valence electrons. The highest BCUT2D eigenvalue weighted by Gasteiger charge is 2.36. The van der Waals surface area contributed by atoms with Crippen molar-refractivity contribution in [2.75, 3.05) is 24.9 Å². The summed E-state index contributed by atoms with van der Waals surface area (Å²) in [4.78, 5) is 0.840. The fourth-order valence-electron chi connectivity index (χ4n) is 3.01. The molecule has 1 saturated heterocycles. The Morgan fingerprint density at radius 3 is 2.47 bits per heavy atom. The van der Waals surface area contributed by atoms with Crippen molar-refractivity contribution in [3.63, 3.8) is 0 Å². The molecule has 0 unspecified atom stereocenters. The number of rotatable bonds is 5. The second-order valence-electron chi connectivity index (χ2n) is 6.80. The average molecular weight is 471 g/mol. The summed E-state index contributed by atoms with van der Waals surface area (Å²) in [7, 11) is -2.86. The Morgan fingerprint density at radius 1 is 1.17 bits per heavy atom. The van der Waals surface area contributed by atoms with Gasteiger partial charge in [0, 0.05) is 19.2 Å². The fourth-order valence-corrected chi connectivity index (χ4v) is 4.28. The lowest BCUT2D eigenvalue weighted by atomic mass is 10.1. The van der Waals surface area contributed by atoms with Gasteiger partial charge in [0.2, 0.25) is 0 Å². The van der Waals surface area contributed by atoms with Gasteiger partial charge in [-0.2, -0.15) is 13.2 Å². The van der Waals surface area contributed by atoms with Crippen LogP contribution in [0.15, 0.2) is 35.2 Å². The zero-order valence-electron chi connectivity index (χ0n) is 15.4. The minimum Gasteiger partial charge on any atom is -0.488 e. The summed E-state index contributed by atoms with van der Waals surface area (Å²) >= 11 is 5.41. The maximum Gasteiger partial charge on any atom is 0.419 e. The molecule has 1 heterocycles. The SMILES string of the molecule is CN1CC[C@@H](Oc2cc(NS(=O)(=O)c3cc(F)c(Cl)cc3F)ccc2C(F)(F)F)C1. The molecule has 0 aliphatic carbocycles. The second-order valence-corrected chi connectivity index (χ2v) is 8.86. The molecule has 0 radical (unpaired) electrons. The zero-order valence-corrected chi connectivity index (χ0v) is 17.0. The minimum atomic E-state index is -4.73. The number of sulfonamides is 1. The lowest BCUT2D eigenvalue weighted by Crippen LogP contribution is -2.23. The number of ether oxygens (including phenoxy) is 1. The highest BCUT2D eigenvalue weighted by atomic mass is 35.5. The Labute approximate surface area is 174 Å². The van der Waals surface area contributed by atoms with Crippen LogP contribution in [0.5, 0.6) is 5.75 Å². The van der Waals surface area contributed by atoms with E-state index in [-0.39, 0.29) is 5.69 Å². The zero-order chi connectivity index (χ0) is 22.3. The number of likely N-dealkylation sites (N-methyl/N-ethyl adjacent to an activating group) is 1. The fraction of sp³-hybridized carbons (Fsp3) is 0.333. The van der Waals surface area contributed by atoms with E-state index in [0.29, 0.717) is 37.7 Å². The molecule has 30 heavy (non-hydrogen) atoms. The summed E-state index contributed by atoms with van der Waals surface area (Å²) < 4.78 is 99.9. The summed E-state index contributed by atoms with van der Waals surface area (Å²) in [5.41, 5.74) is -1.39. The van der Waals surface area contributed by atoms with Gasteiger partial charge in [0.15, 0.2) is 0 Å². The first-order valence-corrected chi connectivity index (χ1v) is 10.5. The average Bonchev–Trinajstić information content (AvgIpc) is 3.01. The van der Waals surface area contributed by atoms with Crippen molar-refractivity contribution in [3.8, 4) is 5.75 Å². The molecule has 12 heteroatoms. The highest BCUT2D eigenvalue weighted by molar-refractivity contribution is 7.92. The molecular weight excluding hydrogens is 455 g/mol. The van der Waals surface area contributed by atoms with Crippen molar-refractivity contribution < 1.29 is 35.1 Å². The predicted octanol–water partition coefficient (Wildman–Crippen LogP) is 4.52. The molecule has 5 nitrogen and oxygen atoms in total. The molecule has 1 atom stereocenters. The third kappa shape index (κ3) is 4.96. The second kappa shape index (κ2) is 8.20. The Hall–Kier alpha value is -2.11. The van der Waals surface area contributed by atoms with Crippen molar-refractivity contribution in [1.82, 2.24) is 4.90 Å². The molecule has 1 fully saturated rings. The van der Waals surface area contributed by atoms with Gasteiger partial charge in [0.1, 0.15) is 28.4 Å². The van der Waals surface area contributed by atoms with E-state index in [2.05, 4.69) is 0 Å². The van der Waals surface area contributed by atoms with Crippen LogP contribution in [0.3, 0.4) is 0 Å². The van der Waals surface area contributed by atoms with Crippen LogP contribution in [0, 0.1) is 11.6 Å². The van der Waals surface area contributed by atoms with Crippen molar-refractivity contribution in [3.05, 3.63) is 52.6 Å². The van der Waals surface area contributed by atoms with E-state index in [1.165, 1.54) is 0 Å². The van der Waals surface area contributed by atoms with Crippen LogP contribution in [0.1, 0.15) is 12.0 Å². The summed E-state index contributed by atoms with van der Waals surface area (Å²) in [6.45, 7) is 1.04. The van der Waals surface area contributed by atoms with Crippen LogP contribution in [0.2, 0.25) is 5.02 Å². The van der Waals surface area contributed by atoms with E-state index in [1.54, 1.807) is 7.05 Å². The number of benzene rings is 2. The number of hydrogen-bond donors (Lipinski definition) is 1. The number of anilines is 1. The molecule has 2 aromatic carbocycles. The third-order valence-corrected chi connectivity index (χ3v) is 6.13. The Kier molecular flexibility index (Phi) is 6.17. The van der Waals surface area contributed by atoms with Crippen molar-refractivity contribution in [1.29, 1.82) is 0 Å². The van der Waals surface area contributed by atoms with E-state index in [9.17, 15) is 30.4 Å². The first-order valence-electron chi connectivity index (χ1n) is 8.60. The smallest absolute Gasteiger partial charge is 0.419 e. The van der Waals surface area contributed by atoms with Crippen LogP contribution in [-0.4, -0.2) is 39.6 Å². The summed E-state index contributed by atoms with van der Waals surface area (Å²) in [6, 6.07) is 3.25. The Morgan fingerprint density at radius 2 is 1.87 bits per heavy atom. The lowest BCUT2D eigenvalue weighted by Gasteiger charge is -2.19. The quantitative estimate of drug-likeness (QED) is 0.515. The van der Waals surface area contributed by atoms with E-state index < -0.39 is 55.2 Å². The van der Waals surface area contributed by atoms with Crippen LogP contribution >= 0.6 is 11.6 Å². The van der Waals surface area contributed by atoms with Crippen LogP contribution in [0.25, 0.3) is 0 Å². The van der Waals surface area contributed by atoms with E-state index in [4.69, 9.17) is 16.3 Å². The van der Waals surface area contributed by atoms with Gasteiger partial charge >= 0.3 is 6.18 Å². The maximum atomic E-state index is 14.0. The highest BCUT2D eigenvalue weighted by Crippen LogP contribution is 2.39. The van der Waals surface area contributed by atoms with E-state index in [0.717, 1.165) is 12.1 Å². The lowest BCUT2D eigenvalue weighted by molar-refractivity contribution is -0.139. The number of halogens is 6. The molecule has 0 aromatic heterocycles. The van der Waals surface area contributed by atoms with Crippen LogP contribution in [0.4, 0.5) is 27.6 Å². The molecule has 1 aliphatic rings.